The van der Waals surface area contributed by atoms with Crippen molar-refractivity contribution >= 4 is 70.0 Å². The van der Waals surface area contributed by atoms with Crippen LogP contribution in [0.4, 0.5) is 0 Å². The molecule has 1 fully saturated rings. The van der Waals surface area contributed by atoms with E-state index in [0.717, 1.165) is 10.9 Å². The number of H-pyrrole nitrogens is 2. The van der Waals surface area contributed by atoms with Gasteiger partial charge in [0, 0.05) is 67.8 Å². The Morgan fingerprint density at radius 2 is 1.47 bits per heavy atom. The van der Waals surface area contributed by atoms with E-state index in [4.69, 9.17) is 17.2 Å². The van der Waals surface area contributed by atoms with Crippen LogP contribution in [0.3, 0.4) is 0 Å². The number of amides is 9. The lowest BCUT2D eigenvalue weighted by Crippen LogP contribution is -2.61. The highest BCUT2D eigenvalue weighted by Crippen LogP contribution is 2.28. The molecule has 4 aromatic rings. The number of imidazole rings is 1. The lowest BCUT2D eigenvalue weighted by molar-refractivity contribution is -0.136. The molecule has 16 N–H and O–H groups in total. The number of rotatable bonds is 17. The van der Waals surface area contributed by atoms with Gasteiger partial charge in [0.1, 0.15) is 42.3 Å². The molecule has 24 nitrogen and oxygen atoms in total. The summed E-state index contributed by atoms with van der Waals surface area (Å²) in [4.78, 5) is 140. The van der Waals surface area contributed by atoms with Gasteiger partial charge >= 0.3 is 0 Å². The van der Waals surface area contributed by atoms with Gasteiger partial charge in [-0.3, -0.25) is 48.1 Å². The SMILES string of the molecule is CCCC[C@H](NC(C)=O)C(=O)N[C@@H]1CC(=O)NCCCC[C@@H](C(N)=O)NC(=O)[C@@H]([C@H](C)c2c[nH]c3ccccc23)NC(=O)[C@@H](CCCN=C(N)N)NC(=O)[C@@H](Cc2ccccc2)NC(=O)[C@@H](Cc2cnc[nH]2)NC1=O. The van der Waals surface area contributed by atoms with E-state index in [9.17, 15) is 43.2 Å². The molecule has 8 atom stereocenters. The number of primary amides is 1. The quantitative estimate of drug-likeness (QED) is 0.0355. The summed E-state index contributed by atoms with van der Waals surface area (Å²) in [7, 11) is 0. The van der Waals surface area contributed by atoms with Crippen molar-refractivity contribution in [2.75, 3.05) is 13.1 Å². The standard InChI is InChI=1S/C51H71N15O9/c1-4-5-17-37(60-30(3)67)45(70)65-41-25-42(68)56-21-12-11-19-36(44(52)69)61-50(75)43(29(2)34-27-58-35-18-10-9-16-33(34)35)66-46(71)38(20-13-22-57-51(53)54)62-47(72)39(23-31-14-7-6-8-15-31)63-48(73)40(64-49(41)74)24-32-26-55-28-59-32/h6-10,14-16,18,26-29,36-41,43,58H,4-5,11-13,17,19-25H2,1-3H3,(H2,52,69)(H,55,59)(H,56,68)(H,60,67)(H,61,75)(H,62,72)(H,63,73)(H,64,74)(H,65,70)(H,66,71)(H4,53,54,57)/t29-,36+,37+,38-,39-,40-,41-,43-/m1/s1. The fourth-order valence-corrected chi connectivity index (χ4v) is 8.71. The number of carbonyl (C=O) groups excluding carboxylic acids is 9. The van der Waals surface area contributed by atoms with Crippen LogP contribution in [-0.2, 0) is 56.0 Å². The molecule has 2 aromatic heterocycles. The Bertz CT molecular complexity index is 2620. The number of nitrogens with one attached hydrogen (secondary N) is 10. The highest BCUT2D eigenvalue weighted by atomic mass is 16.2. The van der Waals surface area contributed by atoms with Crippen LogP contribution in [0.5, 0.6) is 0 Å². The molecular formula is C51H71N15O9. The predicted molar refractivity (Wildman–Crippen MR) is 278 cm³/mol. The molecule has 3 heterocycles. The zero-order valence-corrected chi connectivity index (χ0v) is 42.5. The summed E-state index contributed by atoms with van der Waals surface area (Å²) >= 11 is 0. The molecule has 0 unspecified atom stereocenters. The van der Waals surface area contributed by atoms with Gasteiger partial charge < -0.3 is 69.7 Å². The molecule has 0 radical (unpaired) electrons. The van der Waals surface area contributed by atoms with Crippen LogP contribution in [0.15, 0.2) is 78.3 Å². The molecular weight excluding hydrogens is 967 g/mol. The predicted octanol–water partition coefficient (Wildman–Crippen LogP) is -0.687. The van der Waals surface area contributed by atoms with Crippen molar-refractivity contribution in [2.45, 2.75) is 140 Å². The van der Waals surface area contributed by atoms with E-state index in [2.05, 4.69) is 62.5 Å². The third-order valence-corrected chi connectivity index (χ3v) is 12.8. The van der Waals surface area contributed by atoms with E-state index in [1.165, 1.54) is 19.4 Å². The van der Waals surface area contributed by atoms with Crippen molar-refractivity contribution in [1.29, 1.82) is 0 Å². The molecule has 1 aliphatic heterocycles. The smallest absolute Gasteiger partial charge is 0.243 e. The number of benzene rings is 2. The fourth-order valence-electron chi connectivity index (χ4n) is 8.71. The molecule has 404 valence electrons. The number of nitrogens with zero attached hydrogens (tertiary/aromatic N) is 2. The molecule has 5 rings (SSSR count). The molecule has 75 heavy (non-hydrogen) atoms. The summed E-state index contributed by atoms with van der Waals surface area (Å²) in [5.74, 6) is -7.85. The summed E-state index contributed by atoms with van der Waals surface area (Å²) in [6.45, 7) is 4.98. The Labute approximate surface area is 434 Å². The Kier molecular flexibility index (Phi) is 22.1. The minimum atomic E-state index is -1.58. The Balaban J connectivity index is 1.57. The van der Waals surface area contributed by atoms with Gasteiger partial charge in [-0.05, 0) is 55.7 Å². The summed E-state index contributed by atoms with van der Waals surface area (Å²) in [5.41, 5.74) is 19.5. The number of para-hydroxylation sites is 1. The van der Waals surface area contributed by atoms with Crippen LogP contribution < -0.4 is 59.7 Å². The first kappa shape index (κ1) is 57.6. The van der Waals surface area contributed by atoms with Crippen molar-refractivity contribution in [3.63, 3.8) is 0 Å². The summed E-state index contributed by atoms with van der Waals surface area (Å²) in [6.07, 6.45) is 5.77. The Morgan fingerprint density at radius 1 is 0.787 bits per heavy atom. The van der Waals surface area contributed by atoms with E-state index in [0.29, 0.717) is 29.7 Å². The molecule has 9 amide bonds. The van der Waals surface area contributed by atoms with Gasteiger partial charge in [0.15, 0.2) is 5.96 Å². The van der Waals surface area contributed by atoms with Gasteiger partial charge in [-0.25, -0.2) is 4.98 Å². The Morgan fingerprint density at radius 3 is 2.15 bits per heavy atom. The number of unbranched alkanes of at least 4 members (excludes halogenated alkanes) is 1. The second-order valence-electron chi connectivity index (χ2n) is 18.6. The summed E-state index contributed by atoms with van der Waals surface area (Å²) < 4.78 is 0. The van der Waals surface area contributed by atoms with Crippen molar-refractivity contribution in [3.05, 3.63) is 90.1 Å². The van der Waals surface area contributed by atoms with Crippen LogP contribution in [0.25, 0.3) is 10.9 Å². The topological polar surface area (TPSA) is 385 Å². The van der Waals surface area contributed by atoms with E-state index >= 15 is 0 Å². The molecule has 1 aliphatic rings. The van der Waals surface area contributed by atoms with Crippen LogP contribution >= 0.6 is 0 Å². The van der Waals surface area contributed by atoms with E-state index in [-0.39, 0.29) is 70.4 Å². The highest BCUT2D eigenvalue weighted by Gasteiger charge is 2.37. The fraction of sp³-hybridized carbons (Fsp3) is 0.471. The molecule has 0 spiro atoms. The zero-order valence-electron chi connectivity index (χ0n) is 42.5. The van der Waals surface area contributed by atoms with Crippen molar-refractivity contribution in [3.8, 4) is 0 Å². The van der Waals surface area contributed by atoms with Crippen molar-refractivity contribution in [2.24, 2.45) is 22.2 Å². The lowest BCUT2D eigenvalue weighted by atomic mass is 9.91. The van der Waals surface area contributed by atoms with Gasteiger partial charge in [-0.1, -0.05) is 75.2 Å². The molecule has 0 bridgehead atoms. The number of nitrogens with two attached hydrogens (primary N) is 3. The van der Waals surface area contributed by atoms with Crippen LogP contribution in [0.2, 0.25) is 0 Å². The van der Waals surface area contributed by atoms with E-state index in [1.807, 2.05) is 31.2 Å². The first-order valence-electron chi connectivity index (χ1n) is 25.2. The van der Waals surface area contributed by atoms with Gasteiger partial charge in [0.25, 0.3) is 0 Å². The maximum Gasteiger partial charge on any atom is 0.243 e. The number of hydrogen-bond donors (Lipinski definition) is 13. The number of carbonyl (C=O) groups is 9. The highest BCUT2D eigenvalue weighted by molar-refractivity contribution is 5.99. The average molecular weight is 1040 g/mol. The second kappa shape index (κ2) is 28.8. The number of guanidine groups is 1. The second-order valence-corrected chi connectivity index (χ2v) is 18.6. The van der Waals surface area contributed by atoms with E-state index in [1.54, 1.807) is 43.5 Å². The number of aromatic amines is 2. The number of aromatic nitrogens is 3. The first-order chi connectivity index (χ1) is 35.9. The number of aliphatic imine (C=N–C) groups is 1. The number of hydrogen-bond acceptors (Lipinski definition) is 11. The molecule has 0 saturated carbocycles. The first-order valence-corrected chi connectivity index (χ1v) is 25.2. The molecule has 1 saturated heterocycles. The van der Waals surface area contributed by atoms with Gasteiger partial charge in [-0.15, -0.1) is 0 Å². The van der Waals surface area contributed by atoms with Gasteiger partial charge in [0.2, 0.25) is 53.2 Å². The minimum absolute atomic E-state index is 0.0352. The minimum Gasteiger partial charge on any atom is -0.370 e. The third kappa shape index (κ3) is 18.0. The van der Waals surface area contributed by atoms with Gasteiger partial charge in [-0.2, -0.15) is 0 Å². The molecule has 0 aliphatic carbocycles. The molecule has 2 aromatic carbocycles. The summed E-state index contributed by atoms with van der Waals surface area (Å²) in [5, 5.41) is 22.5. The van der Waals surface area contributed by atoms with Crippen molar-refractivity contribution in [1.82, 2.24) is 57.5 Å². The maximum absolute atomic E-state index is 14.8. The average Bonchev–Trinajstić information content (AvgIpc) is 4.06. The lowest BCUT2D eigenvalue weighted by Gasteiger charge is -2.29. The normalized spacial score (nSPS) is 21.6. The van der Waals surface area contributed by atoms with Crippen LogP contribution in [-0.4, -0.2) is 129 Å². The van der Waals surface area contributed by atoms with E-state index < -0.39 is 108 Å². The zero-order chi connectivity index (χ0) is 54.4. The third-order valence-electron chi connectivity index (χ3n) is 12.8. The van der Waals surface area contributed by atoms with Crippen LogP contribution in [0, 0.1) is 0 Å². The maximum atomic E-state index is 14.8. The monoisotopic (exact) mass is 1040 g/mol. The van der Waals surface area contributed by atoms with Crippen molar-refractivity contribution < 1.29 is 43.2 Å². The molecule has 24 heteroatoms. The van der Waals surface area contributed by atoms with Gasteiger partial charge in [0.05, 0.1) is 12.7 Å². The van der Waals surface area contributed by atoms with Crippen LogP contribution in [0.1, 0.15) is 101 Å². The largest absolute Gasteiger partial charge is 0.370 e. The number of fused-ring (bicyclic) bond motifs is 1. The Hall–Kier alpha value is -8.31. The summed E-state index contributed by atoms with van der Waals surface area (Å²) in [6, 6.07) is 6.64.